The molecule has 1 aromatic carbocycles. The minimum absolute atomic E-state index is 0.209. The Bertz CT molecular complexity index is 529. The van der Waals surface area contributed by atoms with Crippen LogP contribution in [0, 0.1) is 5.82 Å². The van der Waals surface area contributed by atoms with E-state index in [9.17, 15) is 4.39 Å². The van der Waals surface area contributed by atoms with E-state index in [1.54, 1.807) is 12.1 Å². The van der Waals surface area contributed by atoms with E-state index in [4.69, 9.17) is 0 Å². The lowest BCUT2D eigenvalue weighted by Crippen LogP contribution is -2.31. The highest BCUT2D eigenvalue weighted by Gasteiger charge is 2.15. The summed E-state index contributed by atoms with van der Waals surface area (Å²) in [7, 11) is 0. The SMILES string of the molecule is Fc1cccc(-c2cnn(C3CCCNC3)c2)c1. The summed E-state index contributed by atoms with van der Waals surface area (Å²) in [6, 6.07) is 7.05. The largest absolute Gasteiger partial charge is 0.315 e. The number of aromatic nitrogens is 2. The van der Waals surface area contributed by atoms with E-state index >= 15 is 0 Å². The fourth-order valence-corrected chi connectivity index (χ4v) is 2.41. The van der Waals surface area contributed by atoms with Crippen LogP contribution in [0.25, 0.3) is 11.1 Å². The van der Waals surface area contributed by atoms with Crippen molar-refractivity contribution in [1.29, 1.82) is 0 Å². The minimum Gasteiger partial charge on any atom is -0.315 e. The molecule has 3 rings (SSSR count). The summed E-state index contributed by atoms with van der Waals surface area (Å²) in [6.45, 7) is 2.05. The molecule has 18 heavy (non-hydrogen) atoms. The maximum Gasteiger partial charge on any atom is 0.123 e. The van der Waals surface area contributed by atoms with Gasteiger partial charge in [-0.2, -0.15) is 5.10 Å². The Hall–Kier alpha value is -1.68. The van der Waals surface area contributed by atoms with Crippen molar-refractivity contribution in [2.24, 2.45) is 0 Å². The molecule has 4 heteroatoms. The third kappa shape index (κ3) is 2.29. The molecular formula is C14H16FN3. The second kappa shape index (κ2) is 4.90. The summed E-state index contributed by atoms with van der Waals surface area (Å²) < 4.78 is 15.2. The van der Waals surface area contributed by atoms with Gasteiger partial charge in [-0.15, -0.1) is 0 Å². The van der Waals surface area contributed by atoms with Gasteiger partial charge >= 0.3 is 0 Å². The van der Waals surface area contributed by atoms with Gasteiger partial charge in [-0.3, -0.25) is 4.68 Å². The zero-order chi connectivity index (χ0) is 12.4. The summed E-state index contributed by atoms with van der Waals surface area (Å²) in [4.78, 5) is 0. The Labute approximate surface area is 106 Å². The van der Waals surface area contributed by atoms with Crippen molar-refractivity contribution in [3.8, 4) is 11.1 Å². The van der Waals surface area contributed by atoms with Gasteiger partial charge < -0.3 is 5.32 Å². The van der Waals surface area contributed by atoms with Gasteiger partial charge in [-0.1, -0.05) is 12.1 Å². The second-order valence-corrected chi connectivity index (χ2v) is 4.72. The van der Waals surface area contributed by atoms with E-state index in [2.05, 4.69) is 10.4 Å². The first kappa shape index (κ1) is 11.4. The van der Waals surface area contributed by atoms with E-state index in [-0.39, 0.29) is 5.82 Å². The number of halogens is 1. The lowest BCUT2D eigenvalue weighted by Gasteiger charge is -2.22. The van der Waals surface area contributed by atoms with Crippen LogP contribution in [0.4, 0.5) is 4.39 Å². The Morgan fingerprint density at radius 3 is 3.06 bits per heavy atom. The van der Waals surface area contributed by atoms with Crippen LogP contribution in [0.1, 0.15) is 18.9 Å². The average Bonchev–Trinajstić information content (AvgIpc) is 2.89. The van der Waals surface area contributed by atoms with Crippen molar-refractivity contribution in [3.63, 3.8) is 0 Å². The molecular weight excluding hydrogens is 229 g/mol. The van der Waals surface area contributed by atoms with Crippen LogP contribution in [-0.4, -0.2) is 22.9 Å². The molecule has 0 bridgehead atoms. The third-order valence-corrected chi connectivity index (χ3v) is 3.40. The van der Waals surface area contributed by atoms with Crippen LogP contribution in [0.15, 0.2) is 36.7 Å². The fourth-order valence-electron chi connectivity index (χ4n) is 2.41. The van der Waals surface area contributed by atoms with Gasteiger partial charge in [0.25, 0.3) is 0 Å². The zero-order valence-corrected chi connectivity index (χ0v) is 10.1. The van der Waals surface area contributed by atoms with Crippen molar-refractivity contribution in [2.45, 2.75) is 18.9 Å². The monoisotopic (exact) mass is 245 g/mol. The highest BCUT2D eigenvalue weighted by atomic mass is 19.1. The van der Waals surface area contributed by atoms with Crippen LogP contribution in [0.5, 0.6) is 0 Å². The molecule has 94 valence electrons. The molecule has 3 nitrogen and oxygen atoms in total. The molecule has 1 aliphatic heterocycles. The molecule has 1 saturated heterocycles. The number of nitrogens with zero attached hydrogens (tertiary/aromatic N) is 2. The average molecular weight is 245 g/mol. The number of rotatable bonds is 2. The predicted octanol–water partition coefficient (Wildman–Crippen LogP) is 2.61. The summed E-state index contributed by atoms with van der Waals surface area (Å²) in [6.07, 6.45) is 6.15. The molecule has 2 heterocycles. The van der Waals surface area contributed by atoms with Crippen molar-refractivity contribution < 1.29 is 4.39 Å². The summed E-state index contributed by atoms with van der Waals surface area (Å²) in [5.74, 6) is -0.209. The molecule has 1 fully saturated rings. The van der Waals surface area contributed by atoms with Gasteiger partial charge in [0, 0.05) is 18.3 Å². The first-order valence-corrected chi connectivity index (χ1v) is 6.34. The predicted molar refractivity (Wildman–Crippen MR) is 68.8 cm³/mol. The zero-order valence-electron chi connectivity index (χ0n) is 10.1. The maximum absolute atomic E-state index is 13.2. The summed E-state index contributed by atoms with van der Waals surface area (Å²) >= 11 is 0. The van der Waals surface area contributed by atoms with Crippen molar-refractivity contribution in [3.05, 3.63) is 42.5 Å². The topological polar surface area (TPSA) is 29.9 Å². The van der Waals surface area contributed by atoms with Gasteiger partial charge in [0.05, 0.1) is 12.2 Å². The van der Waals surface area contributed by atoms with E-state index in [0.717, 1.165) is 30.6 Å². The first-order chi connectivity index (χ1) is 8.83. The number of hydrogen-bond acceptors (Lipinski definition) is 2. The highest BCUT2D eigenvalue weighted by Crippen LogP contribution is 2.22. The lowest BCUT2D eigenvalue weighted by molar-refractivity contribution is 0.347. The number of nitrogens with one attached hydrogen (secondary N) is 1. The number of piperidine rings is 1. The van der Waals surface area contributed by atoms with Gasteiger partial charge in [-0.05, 0) is 37.1 Å². The Morgan fingerprint density at radius 2 is 2.28 bits per heavy atom. The van der Waals surface area contributed by atoms with Gasteiger partial charge in [0.1, 0.15) is 5.82 Å². The van der Waals surface area contributed by atoms with Gasteiger partial charge in [-0.25, -0.2) is 4.39 Å². The first-order valence-electron chi connectivity index (χ1n) is 6.34. The quantitative estimate of drug-likeness (QED) is 0.881. The van der Waals surface area contributed by atoms with Crippen molar-refractivity contribution in [1.82, 2.24) is 15.1 Å². The molecule has 0 saturated carbocycles. The molecule has 1 N–H and O–H groups in total. The lowest BCUT2D eigenvalue weighted by atomic mass is 10.1. The number of benzene rings is 1. The van der Waals surface area contributed by atoms with Crippen LogP contribution < -0.4 is 5.32 Å². The smallest absolute Gasteiger partial charge is 0.123 e. The normalized spacial score (nSPS) is 19.9. The van der Waals surface area contributed by atoms with Crippen molar-refractivity contribution >= 4 is 0 Å². The third-order valence-electron chi connectivity index (χ3n) is 3.40. The molecule has 0 amide bonds. The highest BCUT2D eigenvalue weighted by molar-refractivity contribution is 5.61. The van der Waals surface area contributed by atoms with Crippen LogP contribution in [0.2, 0.25) is 0 Å². The second-order valence-electron chi connectivity index (χ2n) is 4.72. The summed E-state index contributed by atoms with van der Waals surface area (Å²) in [5.41, 5.74) is 1.85. The maximum atomic E-state index is 13.2. The van der Waals surface area contributed by atoms with Crippen LogP contribution in [-0.2, 0) is 0 Å². The van der Waals surface area contributed by atoms with E-state index in [1.165, 1.54) is 12.5 Å². The fraction of sp³-hybridized carbons (Fsp3) is 0.357. The van der Waals surface area contributed by atoms with Crippen LogP contribution >= 0.6 is 0 Å². The van der Waals surface area contributed by atoms with Gasteiger partial charge in [0.15, 0.2) is 0 Å². The molecule has 0 radical (unpaired) electrons. The Kier molecular flexibility index (Phi) is 3.11. The molecule has 0 spiro atoms. The Morgan fingerprint density at radius 1 is 1.33 bits per heavy atom. The van der Waals surface area contributed by atoms with E-state index in [1.807, 2.05) is 23.1 Å². The standard InChI is InChI=1S/C14H16FN3/c15-13-4-1-3-11(7-13)12-8-17-18(10-12)14-5-2-6-16-9-14/h1,3-4,7-8,10,14,16H,2,5-6,9H2. The summed E-state index contributed by atoms with van der Waals surface area (Å²) in [5, 5.41) is 7.77. The number of hydrogen-bond donors (Lipinski definition) is 1. The Balaban J connectivity index is 1.84. The van der Waals surface area contributed by atoms with Crippen molar-refractivity contribution in [2.75, 3.05) is 13.1 Å². The molecule has 1 unspecified atom stereocenters. The van der Waals surface area contributed by atoms with Crippen LogP contribution in [0.3, 0.4) is 0 Å². The minimum atomic E-state index is -0.209. The molecule has 1 atom stereocenters. The van der Waals surface area contributed by atoms with Gasteiger partial charge in [0.2, 0.25) is 0 Å². The molecule has 2 aromatic rings. The molecule has 0 aliphatic carbocycles. The van der Waals surface area contributed by atoms with E-state index < -0.39 is 0 Å². The van der Waals surface area contributed by atoms with E-state index in [0.29, 0.717) is 6.04 Å². The molecule has 1 aliphatic rings. The molecule has 1 aromatic heterocycles.